The van der Waals surface area contributed by atoms with E-state index in [-0.39, 0.29) is 0 Å². The van der Waals surface area contributed by atoms with Crippen LogP contribution in [0.15, 0.2) is 0 Å². The van der Waals surface area contributed by atoms with Gasteiger partial charge >= 0.3 is 0 Å². The molecule has 66 valence electrons. The highest BCUT2D eigenvalue weighted by molar-refractivity contribution is 14.1. The lowest BCUT2D eigenvalue weighted by Gasteiger charge is -2.10. The van der Waals surface area contributed by atoms with E-state index in [0.717, 1.165) is 12.2 Å². The van der Waals surface area contributed by atoms with Gasteiger partial charge in [-0.1, -0.05) is 0 Å². The standard InChI is InChI=1S/C7H14INOS/c1-5-7(10-5)6(9-8)3-2-4-11/h5-7,9,11H,2-4H2,1H3/t5-,6?,7?/m1/s1. The molecule has 0 saturated carbocycles. The Hall–Kier alpha value is 1.00. The van der Waals surface area contributed by atoms with E-state index < -0.39 is 0 Å². The lowest BCUT2D eigenvalue weighted by molar-refractivity contribution is 0.342. The second kappa shape index (κ2) is 4.89. The first-order valence-corrected chi connectivity index (χ1v) is 5.63. The van der Waals surface area contributed by atoms with Crippen LogP contribution in [0.25, 0.3) is 0 Å². The molecule has 0 amide bonds. The second-order valence-corrected chi connectivity index (χ2v) is 3.96. The van der Waals surface area contributed by atoms with Crippen LogP contribution in [0.1, 0.15) is 19.8 Å². The first-order chi connectivity index (χ1) is 5.29. The van der Waals surface area contributed by atoms with Crippen LogP contribution in [-0.4, -0.2) is 24.0 Å². The molecule has 0 spiro atoms. The van der Waals surface area contributed by atoms with Gasteiger partial charge in [0.05, 0.1) is 12.2 Å². The molecule has 1 heterocycles. The maximum absolute atomic E-state index is 5.37. The van der Waals surface area contributed by atoms with Crippen LogP contribution in [0.3, 0.4) is 0 Å². The van der Waals surface area contributed by atoms with Crippen LogP contribution in [0.4, 0.5) is 0 Å². The predicted octanol–water partition coefficient (Wildman–Crippen LogP) is 1.79. The van der Waals surface area contributed by atoms with Gasteiger partial charge in [-0.05, 0) is 25.5 Å². The smallest absolute Gasteiger partial charge is 0.0999 e. The average molecular weight is 287 g/mol. The number of rotatable bonds is 5. The van der Waals surface area contributed by atoms with Crippen LogP contribution in [0, 0.1) is 0 Å². The molecule has 1 aliphatic rings. The normalized spacial score (nSPS) is 31.9. The van der Waals surface area contributed by atoms with E-state index in [2.05, 4.69) is 45.9 Å². The zero-order valence-electron chi connectivity index (χ0n) is 6.59. The van der Waals surface area contributed by atoms with E-state index in [4.69, 9.17) is 4.74 Å². The van der Waals surface area contributed by atoms with E-state index in [9.17, 15) is 0 Å². The van der Waals surface area contributed by atoms with Gasteiger partial charge in [0, 0.05) is 28.9 Å². The number of thiol groups is 1. The number of nitrogens with one attached hydrogen (secondary N) is 1. The third kappa shape index (κ3) is 3.08. The van der Waals surface area contributed by atoms with Gasteiger partial charge in [0.15, 0.2) is 0 Å². The van der Waals surface area contributed by atoms with Crippen molar-refractivity contribution < 1.29 is 4.74 Å². The van der Waals surface area contributed by atoms with Gasteiger partial charge in [-0.3, -0.25) is 3.53 Å². The molecule has 0 radical (unpaired) electrons. The Bertz CT molecular complexity index is 125. The largest absolute Gasteiger partial charge is 0.368 e. The van der Waals surface area contributed by atoms with E-state index in [1.54, 1.807) is 0 Å². The summed E-state index contributed by atoms with van der Waals surface area (Å²) in [6.07, 6.45) is 3.24. The summed E-state index contributed by atoms with van der Waals surface area (Å²) in [7, 11) is 0. The van der Waals surface area contributed by atoms with Crippen LogP contribution >= 0.6 is 35.5 Å². The fourth-order valence-corrected chi connectivity index (χ4v) is 2.06. The Labute approximate surface area is 87.4 Å². The molecule has 1 rings (SSSR count). The minimum absolute atomic E-state index is 0.451. The van der Waals surface area contributed by atoms with Crippen LogP contribution in [0.2, 0.25) is 0 Å². The summed E-state index contributed by atoms with van der Waals surface area (Å²) in [5.41, 5.74) is 0. The SMILES string of the molecule is C[C@H]1OC1C(CCCS)NI. The molecular formula is C7H14INOS. The van der Waals surface area contributed by atoms with Crippen molar-refractivity contribution in [3.63, 3.8) is 0 Å². The molecule has 0 aromatic rings. The maximum Gasteiger partial charge on any atom is 0.0999 e. The van der Waals surface area contributed by atoms with Crippen molar-refractivity contribution in [3.05, 3.63) is 0 Å². The van der Waals surface area contributed by atoms with Crippen LogP contribution < -0.4 is 3.53 Å². The third-order valence-corrected chi connectivity index (χ3v) is 3.08. The Kier molecular flexibility index (Phi) is 4.48. The number of hydrogen-bond acceptors (Lipinski definition) is 3. The quantitative estimate of drug-likeness (QED) is 0.349. The lowest BCUT2D eigenvalue weighted by atomic mass is 10.1. The van der Waals surface area contributed by atoms with Crippen molar-refractivity contribution in [2.45, 2.75) is 38.0 Å². The molecule has 2 unspecified atom stereocenters. The molecule has 0 bridgehead atoms. The Morgan fingerprint density at radius 3 is 2.73 bits per heavy atom. The van der Waals surface area contributed by atoms with Crippen molar-refractivity contribution >= 4 is 35.5 Å². The summed E-state index contributed by atoms with van der Waals surface area (Å²) in [6.45, 7) is 2.12. The monoisotopic (exact) mass is 287 g/mol. The first-order valence-electron chi connectivity index (χ1n) is 3.92. The molecule has 1 N–H and O–H groups in total. The van der Waals surface area contributed by atoms with Crippen LogP contribution in [0.5, 0.6) is 0 Å². The Morgan fingerprint density at radius 1 is 1.73 bits per heavy atom. The highest BCUT2D eigenvalue weighted by Gasteiger charge is 2.40. The molecule has 1 saturated heterocycles. The molecule has 0 aromatic heterocycles. The fourth-order valence-electron chi connectivity index (χ4n) is 1.22. The molecule has 0 aliphatic carbocycles. The minimum atomic E-state index is 0.451. The van der Waals surface area contributed by atoms with Crippen molar-refractivity contribution in [2.24, 2.45) is 0 Å². The van der Waals surface area contributed by atoms with Crippen molar-refractivity contribution in [1.82, 2.24) is 3.53 Å². The van der Waals surface area contributed by atoms with Gasteiger partial charge < -0.3 is 4.74 Å². The van der Waals surface area contributed by atoms with Crippen molar-refractivity contribution in [2.75, 3.05) is 5.75 Å². The van der Waals surface area contributed by atoms with Gasteiger partial charge in [0.1, 0.15) is 0 Å². The molecule has 3 atom stereocenters. The molecule has 2 nitrogen and oxygen atoms in total. The molecular weight excluding hydrogens is 273 g/mol. The topological polar surface area (TPSA) is 24.6 Å². The molecule has 1 fully saturated rings. The summed E-state index contributed by atoms with van der Waals surface area (Å²) >= 11 is 6.37. The van der Waals surface area contributed by atoms with Gasteiger partial charge in [-0.15, -0.1) is 0 Å². The van der Waals surface area contributed by atoms with E-state index in [1.807, 2.05) is 0 Å². The van der Waals surface area contributed by atoms with Crippen molar-refractivity contribution in [3.8, 4) is 0 Å². The van der Waals surface area contributed by atoms with E-state index in [1.165, 1.54) is 6.42 Å². The molecule has 11 heavy (non-hydrogen) atoms. The lowest BCUT2D eigenvalue weighted by Crippen LogP contribution is -2.27. The summed E-state index contributed by atoms with van der Waals surface area (Å²) in [5, 5.41) is 0. The highest BCUT2D eigenvalue weighted by Crippen LogP contribution is 2.27. The van der Waals surface area contributed by atoms with Crippen LogP contribution in [-0.2, 0) is 4.74 Å². The molecule has 1 aliphatic heterocycles. The Balaban J connectivity index is 2.15. The highest BCUT2D eigenvalue weighted by atomic mass is 127. The number of halogens is 1. The third-order valence-electron chi connectivity index (χ3n) is 1.97. The fraction of sp³-hybridized carbons (Fsp3) is 1.00. The zero-order valence-corrected chi connectivity index (χ0v) is 9.64. The van der Waals surface area contributed by atoms with Gasteiger partial charge in [-0.25, -0.2) is 0 Å². The zero-order chi connectivity index (χ0) is 8.27. The minimum Gasteiger partial charge on any atom is -0.368 e. The summed E-state index contributed by atoms with van der Waals surface area (Å²) < 4.78 is 8.61. The second-order valence-electron chi connectivity index (χ2n) is 2.89. The van der Waals surface area contributed by atoms with Crippen molar-refractivity contribution in [1.29, 1.82) is 0 Å². The number of epoxide rings is 1. The summed E-state index contributed by atoms with van der Waals surface area (Å²) in [4.78, 5) is 0. The molecule has 0 aromatic carbocycles. The van der Waals surface area contributed by atoms with Gasteiger partial charge in [0.25, 0.3) is 0 Å². The summed E-state index contributed by atoms with van der Waals surface area (Å²) in [6, 6.07) is 0.526. The molecule has 4 heteroatoms. The summed E-state index contributed by atoms with van der Waals surface area (Å²) in [5.74, 6) is 0.968. The number of hydrogen-bond donors (Lipinski definition) is 2. The average Bonchev–Trinajstić information content (AvgIpc) is 2.69. The van der Waals surface area contributed by atoms with E-state index in [0.29, 0.717) is 18.2 Å². The van der Waals surface area contributed by atoms with Gasteiger partial charge in [-0.2, -0.15) is 12.6 Å². The van der Waals surface area contributed by atoms with E-state index >= 15 is 0 Å². The maximum atomic E-state index is 5.37. The predicted molar refractivity (Wildman–Crippen MR) is 58.4 cm³/mol. The first kappa shape index (κ1) is 10.1. The number of ether oxygens (including phenoxy) is 1. The Morgan fingerprint density at radius 2 is 2.36 bits per heavy atom. The van der Waals surface area contributed by atoms with Gasteiger partial charge in [0.2, 0.25) is 0 Å².